The highest BCUT2D eigenvalue weighted by Crippen LogP contribution is 2.44. The van der Waals surface area contributed by atoms with Crippen molar-refractivity contribution in [3.8, 4) is 17.2 Å². The molecular formula is C27H28N2O4. The van der Waals surface area contributed by atoms with Gasteiger partial charge in [0, 0.05) is 53.4 Å². The molecule has 2 aromatic carbocycles. The number of carbonyl (C=O) groups excluding carboxylic acids is 1. The predicted molar refractivity (Wildman–Crippen MR) is 127 cm³/mol. The lowest BCUT2D eigenvalue weighted by atomic mass is 9.99. The molecule has 0 atom stereocenters. The maximum atomic E-state index is 13.4. The Morgan fingerprint density at radius 1 is 1.15 bits per heavy atom. The second kappa shape index (κ2) is 7.66. The van der Waals surface area contributed by atoms with E-state index >= 15 is 0 Å². The number of Topliss-reactive ketones (excluding diaryl/α,β-unsaturated/α-hetero) is 1. The molecule has 33 heavy (non-hydrogen) atoms. The number of aromatic nitrogens is 1. The minimum Gasteiger partial charge on any atom is -0.497 e. The Morgan fingerprint density at radius 2 is 1.97 bits per heavy atom. The Hall–Kier alpha value is -3.25. The number of hydrogen-bond acceptors (Lipinski definition) is 5. The van der Waals surface area contributed by atoms with Crippen LogP contribution in [0.25, 0.3) is 17.0 Å². The summed E-state index contributed by atoms with van der Waals surface area (Å²) < 4.78 is 19.8. The molecule has 0 spiro atoms. The van der Waals surface area contributed by atoms with Gasteiger partial charge in [0.05, 0.1) is 12.7 Å². The van der Waals surface area contributed by atoms with Crippen molar-refractivity contribution < 1.29 is 19.0 Å². The molecule has 6 rings (SSSR count). The van der Waals surface area contributed by atoms with Crippen molar-refractivity contribution in [3.63, 3.8) is 0 Å². The van der Waals surface area contributed by atoms with Crippen molar-refractivity contribution in [1.29, 1.82) is 0 Å². The Bertz CT molecular complexity index is 1310. The van der Waals surface area contributed by atoms with Crippen LogP contribution in [-0.2, 0) is 13.6 Å². The third kappa shape index (κ3) is 3.23. The average molecular weight is 445 g/mol. The lowest BCUT2D eigenvalue weighted by Gasteiger charge is -2.34. The second-order valence-corrected chi connectivity index (χ2v) is 9.34. The summed E-state index contributed by atoms with van der Waals surface area (Å²) in [4.78, 5) is 15.8. The van der Waals surface area contributed by atoms with Crippen LogP contribution in [0.15, 0.2) is 36.2 Å². The first-order valence-corrected chi connectivity index (χ1v) is 11.6. The van der Waals surface area contributed by atoms with Gasteiger partial charge in [-0.25, -0.2) is 0 Å². The van der Waals surface area contributed by atoms with E-state index in [2.05, 4.69) is 4.90 Å². The van der Waals surface area contributed by atoms with Crippen LogP contribution in [0.1, 0.15) is 52.7 Å². The first-order valence-electron chi connectivity index (χ1n) is 11.6. The van der Waals surface area contributed by atoms with Gasteiger partial charge < -0.3 is 18.8 Å². The molecule has 0 radical (unpaired) electrons. The van der Waals surface area contributed by atoms with Crippen LogP contribution >= 0.6 is 0 Å². The van der Waals surface area contributed by atoms with Crippen molar-refractivity contribution >= 4 is 22.8 Å². The van der Waals surface area contributed by atoms with Crippen molar-refractivity contribution in [2.24, 2.45) is 7.05 Å². The monoisotopic (exact) mass is 444 g/mol. The normalized spacial score (nSPS) is 19.6. The zero-order valence-corrected chi connectivity index (χ0v) is 19.3. The van der Waals surface area contributed by atoms with Gasteiger partial charge in [-0.3, -0.25) is 9.69 Å². The fraction of sp³-hybridized carbons (Fsp3) is 0.370. The number of fused-ring (bicyclic) bond motifs is 3. The van der Waals surface area contributed by atoms with Crippen LogP contribution < -0.4 is 14.2 Å². The summed E-state index contributed by atoms with van der Waals surface area (Å²) in [7, 11) is 3.65. The summed E-state index contributed by atoms with van der Waals surface area (Å²) in [6.45, 7) is 3.41. The van der Waals surface area contributed by atoms with E-state index in [-0.39, 0.29) is 5.78 Å². The van der Waals surface area contributed by atoms with Gasteiger partial charge in [-0.15, -0.1) is 0 Å². The lowest BCUT2D eigenvalue weighted by molar-refractivity contribution is 0.0570. The van der Waals surface area contributed by atoms with Crippen molar-refractivity contribution in [1.82, 2.24) is 9.47 Å². The zero-order valence-electron chi connectivity index (χ0n) is 19.3. The minimum atomic E-state index is -0.0752. The third-order valence-corrected chi connectivity index (χ3v) is 7.32. The summed E-state index contributed by atoms with van der Waals surface area (Å²) >= 11 is 0. The minimum absolute atomic E-state index is 0.0752. The van der Waals surface area contributed by atoms with Gasteiger partial charge in [0.2, 0.25) is 5.78 Å². The number of hydrogen-bond donors (Lipinski definition) is 0. The molecule has 2 aliphatic heterocycles. The van der Waals surface area contributed by atoms with E-state index in [9.17, 15) is 4.79 Å². The molecule has 6 heteroatoms. The molecule has 0 N–H and O–H groups in total. The highest BCUT2D eigenvalue weighted by Gasteiger charge is 2.35. The van der Waals surface area contributed by atoms with E-state index in [0.717, 1.165) is 45.6 Å². The van der Waals surface area contributed by atoms with Crippen LogP contribution in [0.4, 0.5) is 0 Å². The van der Waals surface area contributed by atoms with E-state index in [1.807, 2.05) is 55.1 Å². The molecule has 3 aliphatic rings. The third-order valence-electron chi connectivity index (χ3n) is 7.32. The van der Waals surface area contributed by atoms with Gasteiger partial charge in [-0.2, -0.15) is 0 Å². The molecule has 170 valence electrons. The van der Waals surface area contributed by atoms with Crippen LogP contribution in [0.2, 0.25) is 0 Å². The Morgan fingerprint density at radius 3 is 2.76 bits per heavy atom. The van der Waals surface area contributed by atoms with E-state index in [0.29, 0.717) is 29.8 Å². The van der Waals surface area contributed by atoms with Crippen LogP contribution in [0.5, 0.6) is 17.2 Å². The van der Waals surface area contributed by atoms with Crippen molar-refractivity contribution in [2.75, 3.05) is 13.8 Å². The van der Waals surface area contributed by atoms with Crippen molar-refractivity contribution in [2.45, 2.75) is 45.2 Å². The number of methoxy groups -OCH3 is 1. The smallest absolute Gasteiger partial charge is 0.231 e. The van der Waals surface area contributed by atoms with E-state index < -0.39 is 0 Å². The predicted octanol–water partition coefficient (Wildman–Crippen LogP) is 5.21. The number of rotatable bonds is 3. The molecule has 0 unspecified atom stereocenters. The molecule has 3 heterocycles. The number of benzene rings is 2. The summed E-state index contributed by atoms with van der Waals surface area (Å²) in [5.41, 5.74) is 4.61. The number of ketones is 1. The molecule has 0 saturated heterocycles. The average Bonchev–Trinajstić information content (AvgIpc) is 3.54. The summed E-state index contributed by atoms with van der Waals surface area (Å²) in [6.07, 6.45) is 8.89. The first kappa shape index (κ1) is 20.4. The Balaban J connectivity index is 1.36. The van der Waals surface area contributed by atoms with Crippen molar-refractivity contribution in [3.05, 3.63) is 58.5 Å². The lowest BCUT2D eigenvalue weighted by Crippen LogP contribution is -2.39. The summed E-state index contributed by atoms with van der Waals surface area (Å²) in [5.74, 6) is 2.54. The molecule has 1 aliphatic carbocycles. The molecular weight excluding hydrogens is 416 g/mol. The number of nitrogens with zero attached hydrogens (tertiary/aromatic N) is 2. The van der Waals surface area contributed by atoms with E-state index in [4.69, 9.17) is 14.2 Å². The number of aryl methyl sites for hydroxylation is 1. The quantitative estimate of drug-likeness (QED) is 0.520. The van der Waals surface area contributed by atoms with E-state index in [1.54, 1.807) is 7.11 Å². The van der Waals surface area contributed by atoms with Gasteiger partial charge in [-0.05, 0) is 50.1 Å². The molecule has 1 aromatic heterocycles. The largest absolute Gasteiger partial charge is 0.497 e. The van der Waals surface area contributed by atoms with Crippen LogP contribution in [-0.4, -0.2) is 35.1 Å². The van der Waals surface area contributed by atoms with Gasteiger partial charge in [0.25, 0.3) is 0 Å². The molecule has 1 saturated carbocycles. The second-order valence-electron chi connectivity index (χ2n) is 9.34. The molecule has 3 aromatic rings. The summed E-state index contributed by atoms with van der Waals surface area (Å²) in [5, 5.41) is 1.02. The number of carbonyl (C=O) groups is 1. The van der Waals surface area contributed by atoms with E-state index in [1.165, 1.54) is 25.7 Å². The van der Waals surface area contributed by atoms with Crippen LogP contribution in [0, 0.1) is 6.92 Å². The SMILES string of the molecule is COc1ccc2c(c1)c(/C=C1\Oc3c(cc4c(c3C)OCN(C3CCCC3)C4)C1=O)cn2C. The highest BCUT2D eigenvalue weighted by atomic mass is 16.5. The molecule has 0 amide bonds. The molecule has 0 bridgehead atoms. The molecule has 1 fully saturated rings. The highest BCUT2D eigenvalue weighted by molar-refractivity contribution is 6.15. The number of allylic oxidation sites excluding steroid dienone is 1. The van der Waals surface area contributed by atoms with Gasteiger partial charge in [0.15, 0.2) is 5.76 Å². The first-order chi connectivity index (χ1) is 16.0. The number of ether oxygens (including phenoxy) is 3. The van der Waals surface area contributed by atoms with Crippen LogP contribution in [0.3, 0.4) is 0 Å². The standard InChI is InChI=1S/C27H28N2O4/c1-16-26-18(14-29(15-32-26)19-6-4-5-7-19)10-22-25(30)24(33-27(16)22)11-17-13-28(2)23-9-8-20(31-3)12-21(17)23/h8-13,19H,4-7,14-15H2,1-3H3/b24-11-. The maximum Gasteiger partial charge on any atom is 0.231 e. The van der Waals surface area contributed by atoms with Gasteiger partial charge >= 0.3 is 0 Å². The van der Waals surface area contributed by atoms with Gasteiger partial charge in [-0.1, -0.05) is 12.8 Å². The fourth-order valence-corrected chi connectivity index (χ4v) is 5.55. The Kier molecular flexibility index (Phi) is 4.73. The summed E-state index contributed by atoms with van der Waals surface area (Å²) in [6, 6.07) is 8.51. The van der Waals surface area contributed by atoms with Gasteiger partial charge in [0.1, 0.15) is 24.0 Å². The molecule has 6 nitrogen and oxygen atoms in total. The maximum absolute atomic E-state index is 13.4. The zero-order chi connectivity index (χ0) is 22.7. The fourth-order valence-electron chi connectivity index (χ4n) is 5.55. The Labute approximate surface area is 193 Å². The topological polar surface area (TPSA) is 52.9 Å².